The number of hydrogen-bond donors (Lipinski definition) is 0. The van der Waals surface area contributed by atoms with Crippen LogP contribution in [0, 0.1) is 11.8 Å². The number of hydrogen-bond acceptors (Lipinski definition) is 6. The summed E-state index contributed by atoms with van der Waals surface area (Å²) < 4.78 is 5.12. The van der Waals surface area contributed by atoms with Gasteiger partial charge in [-0.15, -0.1) is 0 Å². The van der Waals surface area contributed by atoms with Gasteiger partial charge in [-0.3, -0.25) is 24.1 Å². The quantitative estimate of drug-likeness (QED) is 0.574. The first-order valence-corrected chi connectivity index (χ1v) is 9.40. The topological polar surface area (TPSA) is 101 Å². The standard InChI is InChI=1S/C20H20N2O6/c1-11(22-18(25)14-8-4-5-9-15(14)19(22)26)20(27)28-10-21-16(23)12-6-2-3-7-13(12)17(21)24/h2-3,6-7,11,14-15H,4-5,8-10H2,1H3/t11-,14+,15+/m0/s1. The smallest absolute Gasteiger partial charge is 0.330 e. The van der Waals surface area contributed by atoms with Crippen molar-refractivity contribution in [2.75, 3.05) is 6.73 Å². The maximum Gasteiger partial charge on any atom is 0.330 e. The molecule has 1 aromatic rings. The summed E-state index contributed by atoms with van der Waals surface area (Å²) in [5.41, 5.74) is 0.510. The van der Waals surface area contributed by atoms with Crippen LogP contribution in [0.3, 0.4) is 0 Å². The van der Waals surface area contributed by atoms with Gasteiger partial charge in [-0.1, -0.05) is 25.0 Å². The number of benzene rings is 1. The van der Waals surface area contributed by atoms with E-state index in [1.807, 2.05) is 0 Å². The number of fused-ring (bicyclic) bond motifs is 2. The molecule has 1 aliphatic carbocycles. The van der Waals surface area contributed by atoms with Crippen molar-refractivity contribution in [3.8, 4) is 0 Å². The van der Waals surface area contributed by atoms with Gasteiger partial charge in [0.15, 0.2) is 6.73 Å². The third-order valence-electron chi connectivity index (χ3n) is 5.82. The van der Waals surface area contributed by atoms with Crippen LogP contribution in [0.4, 0.5) is 0 Å². The molecule has 0 bridgehead atoms. The summed E-state index contributed by atoms with van der Waals surface area (Å²) in [7, 11) is 0. The van der Waals surface area contributed by atoms with E-state index in [0.717, 1.165) is 22.6 Å². The first-order chi connectivity index (χ1) is 13.4. The molecule has 8 heteroatoms. The summed E-state index contributed by atoms with van der Waals surface area (Å²) in [6, 6.07) is 5.25. The van der Waals surface area contributed by atoms with E-state index in [4.69, 9.17) is 4.74 Å². The number of rotatable bonds is 4. The Kier molecular flexibility index (Phi) is 4.49. The SMILES string of the molecule is C[C@@H](C(=O)OCN1C(=O)c2ccccc2C1=O)N1C(=O)[C@@H]2CCCC[C@H]2C1=O. The number of carbonyl (C=O) groups excluding carboxylic acids is 5. The normalized spacial score (nSPS) is 25.0. The zero-order valence-corrected chi connectivity index (χ0v) is 15.4. The molecule has 4 amide bonds. The number of esters is 1. The minimum Gasteiger partial charge on any atom is -0.442 e. The highest BCUT2D eigenvalue weighted by Crippen LogP contribution is 2.39. The van der Waals surface area contributed by atoms with E-state index in [1.165, 1.54) is 19.1 Å². The van der Waals surface area contributed by atoms with Crippen LogP contribution in [0.15, 0.2) is 24.3 Å². The predicted octanol–water partition coefficient (Wildman–Crippen LogP) is 1.35. The summed E-state index contributed by atoms with van der Waals surface area (Å²) in [6.07, 6.45) is 3.10. The number of ether oxygens (including phenoxy) is 1. The molecule has 3 atom stereocenters. The third kappa shape index (κ3) is 2.71. The first-order valence-electron chi connectivity index (χ1n) is 9.40. The Morgan fingerprint density at radius 3 is 2.00 bits per heavy atom. The van der Waals surface area contributed by atoms with E-state index >= 15 is 0 Å². The molecular formula is C20H20N2O6. The Labute approximate surface area is 161 Å². The molecule has 0 aromatic heterocycles. The molecule has 0 spiro atoms. The van der Waals surface area contributed by atoms with Gasteiger partial charge in [0.2, 0.25) is 11.8 Å². The summed E-state index contributed by atoms with van der Waals surface area (Å²) in [5, 5.41) is 0. The Bertz CT molecular complexity index is 835. The van der Waals surface area contributed by atoms with E-state index in [-0.39, 0.29) is 34.8 Å². The Balaban J connectivity index is 1.42. The Morgan fingerprint density at radius 2 is 1.50 bits per heavy atom. The van der Waals surface area contributed by atoms with Crippen molar-refractivity contribution in [1.29, 1.82) is 0 Å². The molecule has 2 fully saturated rings. The summed E-state index contributed by atoms with van der Waals surface area (Å²) >= 11 is 0. The van der Waals surface area contributed by atoms with Crippen molar-refractivity contribution in [1.82, 2.24) is 9.80 Å². The Hall–Kier alpha value is -3.03. The number of carbonyl (C=O) groups is 5. The molecule has 1 aromatic carbocycles. The lowest BCUT2D eigenvalue weighted by molar-refractivity contribution is -0.159. The molecule has 1 saturated heterocycles. The number of nitrogens with zero attached hydrogens (tertiary/aromatic N) is 2. The zero-order valence-electron chi connectivity index (χ0n) is 15.4. The van der Waals surface area contributed by atoms with Gasteiger partial charge in [0.25, 0.3) is 11.8 Å². The van der Waals surface area contributed by atoms with E-state index in [1.54, 1.807) is 12.1 Å². The third-order valence-corrected chi connectivity index (χ3v) is 5.82. The maximum atomic E-state index is 12.6. The van der Waals surface area contributed by atoms with Gasteiger partial charge in [0.1, 0.15) is 6.04 Å². The van der Waals surface area contributed by atoms with Gasteiger partial charge < -0.3 is 4.74 Å². The first kappa shape index (κ1) is 18.3. The molecule has 1 saturated carbocycles. The highest BCUT2D eigenvalue weighted by molar-refractivity contribution is 6.21. The predicted molar refractivity (Wildman–Crippen MR) is 94.7 cm³/mol. The van der Waals surface area contributed by atoms with Gasteiger partial charge >= 0.3 is 5.97 Å². The highest BCUT2D eigenvalue weighted by atomic mass is 16.5. The monoisotopic (exact) mass is 384 g/mol. The minimum atomic E-state index is -1.10. The molecule has 28 heavy (non-hydrogen) atoms. The second kappa shape index (κ2) is 6.85. The fraction of sp³-hybridized carbons (Fsp3) is 0.450. The van der Waals surface area contributed by atoms with E-state index in [9.17, 15) is 24.0 Å². The van der Waals surface area contributed by atoms with Crippen LogP contribution in [0.5, 0.6) is 0 Å². The summed E-state index contributed by atoms with van der Waals surface area (Å²) in [4.78, 5) is 64.1. The van der Waals surface area contributed by atoms with Crippen LogP contribution in [0.1, 0.15) is 53.3 Å². The van der Waals surface area contributed by atoms with Crippen molar-refractivity contribution in [3.05, 3.63) is 35.4 Å². The van der Waals surface area contributed by atoms with Gasteiger partial charge in [0, 0.05) is 0 Å². The van der Waals surface area contributed by atoms with E-state index < -0.39 is 30.6 Å². The summed E-state index contributed by atoms with van der Waals surface area (Å²) in [6.45, 7) is 0.871. The average Bonchev–Trinajstić information content (AvgIpc) is 3.11. The van der Waals surface area contributed by atoms with E-state index in [2.05, 4.69) is 0 Å². The van der Waals surface area contributed by atoms with Crippen molar-refractivity contribution < 1.29 is 28.7 Å². The molecule has 0 radical (unpaired) electrons. The molecule has 146 valence electrons. The average molecular weight is 384 g/mol. The van der Waals surface area contributed by atoms with Gasteiger partial charge in [-0.05, 0) is 31.9 Å². The number of amides is 4. The summed E-state index contributed by atoms with van der Waals surface area (Å²) in [5.74, 6) is -3.28. The Morgan fingerprint density at radius 1 is 1.00 bits per heavy atom. The van der Waals surface area contributed by atoms with Crippen molar-refractivity contribution >= 4 is 29.6 Å². The van der Waals surface area contributed by atoms with Gasteiger partial charge in [-0.2, -0.15) is 0 Å². The van der Waals surface area contributed by atoms with Crippen molar-refractivity contribution in [2.24, 2.45) is 11.8 Å². The van der Waals surface area contributed by atoms with E-state index in [0.29, 0.717) is 12.8 Å². The van der Waals surface area contributed by atoms with Crippen molar-refractivity contribution in [3.63, 3.8) is 0 Å². The van der Waals surface area contributed by atoms with Gasteiger partial charge in [-0.25, -0.2) is 9.69 Å². The largest absolute Gasteiger partial charge is 0.442 e. The maximum absolute atomic E-state index is 12.6. The fourth-order valence-electron chi connectivity index (χ4n) is 4.28. The molecule has 4 rings (SSSR count). The van der Waals surface area contributed by atoms with Crippen LogP contribution in [-0.4, -0.2) is 52.2 Å². The molecule has 8 nitrogen and oxygen atoms in total. The van der Waals surface area contributed by atoms with Crippen LogP contribution in [0.25, 0.3) is 0 Å². The lowest BCUT2D eigenvalue weighted by atomic mass is 9.81. The fourth-order valence-corrected chi connectivity index (χ4v) is 4.28. The number of likely N-dealkylation sites (tertiary alicyclic amines) is 1. The molecule has 2 heterocycles. The highest BCUT2D eigenvalue weighted by Gasteiger charge is 2.51. The molecule has 0 unspecified atom stereocenters. The van der Waals surface area contributed by atoms with Crippen LogP contribution >= 0.6 is 0 Å². The lowest BCUT2D eigenvalue weighted by Crippen LogP contribution is -2.45. The zero-order chi connectivity index (χ0) is 20.0. The number of imide groups is 2. The second-order valence-corrected chi connectivity index (χ2v) is 7.40. The molecule has 2 aliphatic heterocycles. The van der Waals surface area contributed by atoms with Crippen LogP contribution in [-0.2, 0) is 19.1 Å². The molecule has 0 N–H and O–H groups in total. The van der Waals surface area contributed by atoms with Crippen molar-refractivity contribution in [2.45, 2.75) is 38.6 Å². The molecular weight excluding hydrogens is 364 g/mol. The van der Waals surface area contributed by atoms with Crippen LogP contribution in [0.2, 0.25) is 0 Å². The minimum absolute atomic E-state index is 0.255. The molecule has 3 aliphatic rings. The lowest BCUT2D eigenvalue weighted by Gasteiger charge is -2.22. The van der Waals surface area contributed by atoms with Gasteiger partial charge in [0.05, 0.1) is 23.0 Å². The second-order valence-electron chi connectivity index (χ2n) is 7.40. The van der Waals surface area contributed by atoms with Crippen LogP contribution < -0.4 is 0 Å².